The van der Waals surface area contributed by atoms with Crippen LogP contribution in [0, 0.1) is 11.8 Å². The summed E-state index contributed by atoms with van der Waals surface area (Å²) in [5.74, 6) is -2.63. The van der Waals surface area contributed by atoms with E-state index in [0.717, 1.165) is 15.1 Å². The zero-order chi connectivity index (χ0) is 22.4. The summed E-state index contributed by atoms with van der Waals surface area (Å²) in [6.45, 7) is 1.83. The Balaban J connectivity index is 1.55. The van der Waals surface area contributed by atoms with E-state index in [1.807, 2.05) is 55.5 Å². The third-order valence-corrected chi connectivity index (χ3v) is 6.64. The van der Waals surface area contributed by atoms with Gasteiger partial charge in [0, 0.05) is 20.7 Å². The molecule has 0 saturated heterocycles. The lowest BCUT2D eigenvalue weighted by atomic mass is 9.82. The molecule has 2 aromatic carbocycles. The summed E-state index contributed by atoms with van der Waals surface area (Å²) in [6, 6.07) is 14.6. The molecule has 0 aliphatic heterocycles. The molecule has 1 aliphatic carbocycles. The maximum atomic E-state index is 12.6. The van der Waals surface area contributed by atoms with Gasteiger partial charge in [-0.3, -0.25) is 14.4 Å². The molecular weight excluding hydrogens is 480 g/mol. The maximum Gasteiger partial charge on any atom is 0.307 e. The van der Waals surface area contributed by atoms with Gasteiger partial charge >= 0.3 is 5.97 Å². The highest BCUT2D eigenvalue weighted by Gasteiger charge is 2.33. The molecule has 0 spiro atoms. The van der Waals surface area contributed by atoms with Crippen molar-refractivity contribution >= 4 is 56.9 Å². The number of carboxylic acid groups (broad SMARTS) is 1. The lowest BCUT2D eigenvalue weighted by molar-refractivity contribution is -0.146. The lowest BCUT2D eigenvalue weighted by Gasteiger charge is -2.24. The van der Waals surface area contributed by atoms with Gasteiger partial charge in [-0.05, 0) is 68.3 Å². The third kappa shape index (κ3) is 6.45. The SMILES string of the molecule is CC(Sc1ccc(NC(=O)C2CC=CCC2C(=O)O)cc1)C(=O)Nc1ccc(Br)cc1. The second kappa shape index (κ2) is 10.6. The van der Waals surface area contributed by atoms with Crippen LogP contribution < -0.4 is 10.6 Å². The Labute approximate surface area is 193 Å². The average molecular weight is 503 g/mol. The maximum absolute atomic E-state index is 12.6. The van der Waals surface area contributed by atoms with E-state index in [0.29, 0.717) is 18.5 Å². The third-order valence-electron chi connectivity index (χ3n) is 5.00. The van der Waals surface area contributed by atoms with E-state index >= 15 is 0 Å². The standard InChI is InChI=1S/C23H23BrN2O4S/c1-14(21(27)25-16-8-6-15(24)7-9-16)31-18-12-10-17(11-13-18)26-22(28)19-4-2-3-5-20(19)23(29)30/h2-3,6-14,19-20H,4-5H2,1H3,(H,25,27)(H,26,28)(H,29,30). The molecule has 0 bridgehead atoms. The minimum atomic E-state index is -0.952. The van der Waals surface area contributed by atoms with E-state index < -0.39 is 17.8 Å². The van der Waals surface area contributed by atoms with Gasteiger partial charge in [0.15, 0.2) is 0 Å². The molecule has 8 heteroatoms. The van der Waals surface area contributed by atoms with Crippen molar-refractivity contribution in [1.82, 2.24) is 0 Å². The number of rotatable bonds is 7. The highest BCUT2D eigenvalue weighted by molar-refractivity contribution is 9.10. The molecule has 3 unspecified atom stereocenters. The second-order valence-electron chi connectivity index (χ2n) is 7.26. The smallest absolute Gasteiger partial charge is 0.307 e. The number of hydrogen-bond acceptors (Lipinski definition) is 4. The molecule has 0 radical (unpaired) electrons. The van der Waals surface area contributed by atoms with E-state index in [4.69, 9.17) is 0 Å². The second-order valence-corrected chi connectivity index (χ2v) is 9.59. The number of aliphatic carboxylic acids is 1. The zero-order valence-electron chi connectivity index (χ0n) is 16.9. The first-order valence-corrected chi connectivity index (χ1v) is 11.5. The van der Waals surface area contributed by atoms with Gasteiger partial charge in [-0.25, -0.2) is 0 Å². The van der Waals surface area contributed by atoms with Crippen LogP contribution in [-0.2, 0) is 14.4 Å². The highest BCUT2D eigenvalue weighted by atomic mass is 79.9. The first kappa shape index (κ1) is 23.1. The van der Waals surface area contributed by atoms with Gasteiger partial charge in [0.1, 0.15) is 0 Å². The Kier molecular flexibility index (Phi) is 7.92. The number of thioether (sulfide) groups is 1. The zero-order valence-corrected chi connectivity index (χ0v) is 19.3. The summed E-state index contributed by atoms with van der Waals surface area (Å²) >= 11 is 4.78. The number of carbonyl (C=O) groups is 3. The summed E-state index contributed by atoms with van der Waals surface area (Å²) < 4.78 is 0.943. The monoisotopic (exact) mass is 502 g/mol. The predicted molar refractivity (Wildman–Crippen MR) is 126 cm³/mol. The quantitative estimate of drug-likeness (QED) is 0.358. The van der Waals surface area contributed by atoms with Crippen molar-refractivity contribution in [3.63, 3.8) is 0 Å². The molecule has 0 fully saturated rings. The van der Waals surface area contributed by atoms with E-state index in [-0.39, 0.29) is 17.1 Å². The van der Waals surface area contributed by atoms with Gasteiger partial charge in [0.2, 0.25) is 11.8 Å². The largest absolute Gasteiger partial charge is 0.481 e. The van der Waals surface area contributed by atoms with Gasteiger partial charge in [0.05, 0.1) is 17.1 Å². The first-order chi connectivity index (χ1) is 14.8. The molecule has 0 saturated carbocycles. The van der Waals surface area contributed by atoms with Crippen LogP contribution >= 0.6 is 27.7 Å². The molecule has 0 aromatic heterocycles. The van der Waals surface area contributed by atoms with Crippen LogP contribution in [0.1, 0.15) is 19.8 Å². The topological polar surface area (TPSA) is 95.5 Å². The van der Waals surface area contributed by atoms with Crippen LogP contribution in [0.5, 0.6) is 0 Å². The Morgan fingerprint density at radius 3 is 2.10 bits per heavy atom. The van der Waals surface area contributed by atoms with Gasteiger partial charge in [-0.1, -0.05) is 28.1 Å². The van der Waals surface area contributed by atoms with Crippen LogP contribution in [0.15, 0.2) is 70.1 Å². The van der Waals surface area contributed by atoms with Gasteiger partial charge in [0.25, 0.3) is 0 Å². The number of allylic oxidation sites excluding steroid dienone is 2. The number of carbonyl (C=O) groups excluding carboxylic acids is 2. The predicted octanol–water partition coefficient (Wildman–Crippen LogP) is 5.17. The number of amides is 2. The van der Waals surface area contributed by atoms with Crippen molar-refractivity contribution in [1.29, 1.82) is 0 Å². The fourth-order valence-corrected chi connectivity index (χ4v) is 4.40. The number of hydrogen-bond donors (Lipinski definition) is 3. The average Bonchev–Trinajstić information content (AvgIpc) is 2.76. The Bertz CT molecular complexity index is 976. The van der Waals surface area contributed by atoms with E-state index in [9.17, 15) is 19.5 Å². The summed E-state index contributed by atoms with van der Waals surface area (Å²) in [6.07, 6.45) is 4.44. The first-order valence-electron chi connectivity index (χ1n) is 9.85. The molecule has 31 heavy (non-hydrogen) atoms. The fourth-order valence-electron chi connectivity index (χ4n) is 3.26. The minimum absolute atomic E-state index is 0.102. The van der Waals surface area contributed by atoms with Crippen LogP contribution in [0.2, 0.25) is 0 Å². The summed E-state index contributed by atoms with van der Waals surface area (Å²) in [5.41, 5.74) is 1.33. The molecular formula is C23H23BrN2O4S. The summed E-state index contributed by atoms with van der Waals surface area (Å²) in [5, 5.41) is 14.7. The molecule has 0 heterocycles. The molecule has 3 N–H and O–H groups in total. The fraction of sp³-hybridized carbons (Fsp3) is 0.261. The Hall–Kier alpha value is -2.58. The number of anilines is 2. The van der Waals surface area contributed by atoms with Crippen molar-refractivity contribution in [3.8, 4) is 0 Å². The molecule has 2 amide bonds. The van der Waals surface area contributed by atoms with Gasteiger partial charge in [-0.15, -0.1) is 11.8 Å². The van der Waals surface area contributed by atoms with Crippen molar-refractivity contribution in [2.24, 2.45) is 11.8 Å². The number of nitrogens with one attached hydrogen (secondary N) is 2. The Morgan fingerprint density at radius 1 is 0.935 bits per heavy atom. The van der Waals surface area contributed by atoms with Crippen LogP contribution in [0.3, 0.4) is 0 Å². The van der Waals surface area contributed by atoms with Crippen LogP contribution in [0.4, 0.5) is 11.4 Å². The van der Waals surface area contributed by atoms with Crippen molar-refractivity contribution in [3.05, 3.63) is 65.2 Å². The summed E-state index contributed by atoms with van der Waals surface area (Å²) in [4.78, 5) is 37.3. The molecule has 3 atom stereocenters. The Morgan fingerprint density at radius 2 is 1.48 bits per heavy atom. The van der Waals surface area contributed by atoms with Crippen molar-refractivity contribution in [2.45, 2.75) is 29.9 Å². The molecule has 162 valence electrons. The number of carboxylic acids is 1. The van der Waals surface area contributed by atoms with Gasteiger partial charge < -0.3 is 15.7 Å². The molecule has 1 aliphatic rings. The minimum Gasteiger partial charge on any atom is -0.481 e. The van der Waals surface area contributed by atoms with Gasteiger partial charge in [-0.2, -0.15) is 0 Å². The van der Waals surface area contributed by atoms with Crippen molar-refractivity contribution in [2.75, 3.05) is 10.6 Å². The normalized spacial score (nSPS) is 18.8. The number of benzene rings is 2. The van der Waals surface area contributed by atoms with Crippen molar-refractivity contribution < 1.29 is 19.5 Å². The molecule has 3 rings (SSSR count). The van der Waals surface area contributed by atoms with E-state index in [1.165, 1.54) is 11.8 Å². The van der Waals surface area contributed by atoms with Crippen LogP contribution in [0.25, 0.3) is 0 Å². The molecule has 6 nitrogen and oxygen atoms in total. The van der Waals surface area contributed by atoms with E-state index in [1.54, 1.807) is 12.1 Å². The van der Waals surface area contributed by atoms with Crippen LogP contribution in [-0.4, -0.2) is 28.1 Å². The summed E-state index contributed by atoms with van der Waals surface area (Å²) in [7, 11) is 0. The van der Waals surface area contributed by atoms with E-state index in [2.05, 4.69) is 26.6 Å². The lowest BCUT2D eigenvalue weighted by Crippen LogP contribution is -2.34. The highest BCUT2D eigenvalue weighted by Crippen LogP contribution is 2.29. The number of halogens is 1. The molecule has 2 aromatic rings.